The molecule has 0 amide bonds. The summed E-state index contributed by atoms with van der Waals surface area (Å²) in [6.45, 7) is 3.39. The Kier molecular flexibility index (Phi) is 5.01. The van der Waals surface area contributed by atoms with Gasteiger partial charge < -0.3 is 24.5 Å². The zero-order valence-corrected chi connectivity index (χ0v) is 16.2. The summed E-state index contributed by atoms with van der Waals surface area (Å²) in [5.74, 6) is -1.37. The highest BCUT2D eigenvalue weighted by Gasteiger charge is 2.17. The first-order chi connectivity index (χ1) is 14.3. The van der Waals surface area contributed by atoms with Gasteiger partial charge in [-0.05, 0) is 55.8 Å². The summed E-state index contributed by atoms with van der Waals surface area (Å²) < 4.78 is 34.9. The molecular weight excluding hydrogens is 392 g/mol. The van der Waals surface area contributed by atoms with E-state index in [0.717, 1.165) is 17.7 Å². The highest BCUT2D eigenvalue weighted by molar-refractivity contribution is 5.77. The van der Waals surface area contributed by atoms with Crippen molar-refractivity contribution in [2.45, 2.75) is 20.1 Å². The number of aromatic amines is 1. The van der Waals surface area contributed by atoms with Crippen molar-refractivity contribution in [3.8, 4) is 22.8 Å². The van der Waals surface area contributed by atoms with E-state index < -0.39 is 17.9 Å². The molecule has 0 saturated heterocycles. The Balaban J connectivity index is 1.90. The van der Waals surface area contributed by atoms with Crippen molar-refractivity contribution < 1.29 is 18.6 Å². The predicted molar refractivity (Wildman–Crippen MR) is 110 cm³/mol. The Morgan fingerprint density at radius 1 is 1.13 bits per heavy atom. The standard InChI is InChI=1S/C22H19F2N3O3/c1-12-9-18(27-8-7-25-22(29)21(12)27)16-11-15(26-13(2)28)4-6-19(16)30-20-5-3-14(23)10-17(20)24/h3-11,13,26,28H,1-2H3,(H,25,29). The maximum Gasteiger partial charge on any atom is 0.272 e. The topological polar surface area (TPSA) is 78.8 Å². The third kappa shape index (κ3) is 3.65. The molecule has 1 unspecified atom stereocenters. The fourth-order valence-electron chi connectivity index (χ4n) is 3.39. The lowest BCUT2D eigenvalue weighted by Gasteiger charge is -2.16. The van der Waals surface area contributed by atoms with E-state index in [1.165, 1.54) is 12.3 Å². The number of anilines is 1. The number of ether oxygens (including phenoxy) is 1. The number of aliphatic hydroxyl groups excluding tert-OH is 1. The van der Waals surface area contributed by atoms with Crippen LogP contribution in [0.5, 0.6) is 11.5 Å². The zero-order chi connectivity index (χ0) is 21.4. The minimum atomic E-state index is -0.834. The molecule has 0 radical (unpaired) electrons. The molecule has 3 N–H and O–H groups in total. The van der Waals surface area contributed by atoms with Crippen molar-refractivity contribution in [2.75, 3.05) is 5.32 Å². The van der Waals surface area contributed by atoms with Crippen LogP contribution in [0.2, 0.25) is 0 Å². The van der Waals surface area contributed by atoms with E-state index in [0.29, 0.717) is 28.2 Å². The van der Waals surface area contributed by atoms with Crippen molar-refractivity contribution in [3.05, 3.63) is 82.4 Å². The molecule has 1 atom stereocenters. The van der Waals surface area contributed by atoms with Crippen LogP contribution in [-0.2, 0) is 0 Å². The lowest BCUT2D eigenvalue weighted by molar-refractivity contribution is 0.224. The molecule has 6 nitrogen and oxygen atoms in total. The van der Waals surface area contributed by atoms with Gasteiger partial charge in [-0.1, -0.05) is 0 Å². The second-order valence-corrected chi connectivity index (χ2v) is 6.93. The highest BCUT2D eigenvalue weighted by Crippen LogP contribution is 2.37. The summed E-state index contributed by atoms with van der Waals surface area (Å²) >= 11 is 0. The van der Waals surface area contributed by atoms with E-state index in [9.17, 15) is 18.7 Å². The van der Waals surface area contributed by atoms with Crippen LogP contribution < -0.4 is 15.6 Å². The van der Waals surface area contributed by atoms with Gasteiger partial charge >= 0.3 is 0 Å². The van der Waals surface area contributed by atoms with E-state index in [1.807, 2.05) is 13.0 Å². The number of nitrogens with zero attached hydrogens (tertiary/aromatic N) is 1. The molecule has 0 spiro atoms. The lowest BCUT2D eigenvalue weighted by Crippen LogP contribution is -2.13. The van der Waals surface area contributed by atoms with E-state index in [-0.39, 0.29) is 11.3 Å². The van der Waals surface area contributed by atoms with Crippen molar-refractivity contribution >= 4 is 11.2 Å². The van der Waals surface area contributed by atoms with Crippen LogP contribution in [0, 0.1) is 18.6 Å². The fourth-order valence-corrected chi connectivity index (χ4v) is 3.39. The second-order valence-electron chi connectivity index (χ2n) is 6.93. The molecule has 4 aromatic rings. The van der Waals surface area contributed by atoms with Crippen molar-refractivity contribution in [1.29, 1.82) is 0 Å². The summed E-state index contributed by atoms with van der Waals surface area (Å²) in [4.78, 5) is 14.9. The molecule has 2 aromatic carbocycles. The first-order valence-electron chi connectivity index (χ1n) is 9.25. The summed E-state index contributed by atoms with van der Waals surface area (Å²) in [5.41, 5.74) is 2.77. The predicted octanol–water partition coefficient (Wildman–Crippen LogP) is 4.42. The first-order valence-corrected chi connectivity index (χ1v) is 9.25. The Morgan fingerprint density at radius 2 is 1.90 bits per heavy atom. The molecule has 154 valence electrons. The summed E-state index contributed by atoms with van der Waals surface area (Å²) in [7, 11) is 0. The Hall–Kier alpha value is -3.65. The Bertz CT molecular complexity index is 1290. The summed E-state index contributed by atoms with van der Waals surface area (Å²) in [6, 6.07) is 9.90. The molecule has 0 aliphatic rings. The van der Waals surface area contributed by atoms with Crippen LogP contribution in [0.3, 0.4) is 0 Å². The average molecular weight is 411 g/mol. The molecule has 2 aromatic heterocycles. The number of nitrogens with one attached hydrogen (secondary N) is 2. The molecule has 8 heteroatoms. The number of hydrogen-bond acceptors (Lipinski definition) is 4. The van der Waals surface area contributed by atoms with Gasteiger partial charge in [-0.25, -0.2) is 8.78 Å². The monoisotopic (exact) mass is 411 g/mol. The normalized spacial score (nSPS) is 12.2. The van der Waals surface area contributed by atoms with Gasteiger partial charge in [0.1, 0.15) is 23.3 Å². The van der Waals surface area contributed by atoms with Gasteiger partial charge in [0.05, 0.1) is 5.69 Å². The third-order valence-corrected chi connectivity index (χ3v) is 4.63. The van der Waals surface area contributed by atoms with Gasteiger partial charge in [0.2, 0.25) is 0 Å². The smallest absolute Gasteiger partial charge is 0.272 e. The fraction of sp³-hybridized carbons (Fsp3) is 0.136. The quantitative estimate of drug-likeness (QED) is 0.425. The van der Waals surface area contributed by atoms with Crippen LogP contribution in [0.25, 0.3) is 16.8 Å². The summed E-state index contributed by atoms with van der Waals surface area (Å²) in [5, 5.41) is 12.6. The van der Waals surface area contributed by atoms with Gasteiger partial charge in [0, 0.05) is 29.7 Å². The molecule has 30 heavy (non-hydrogen) atoms. The van der Waals surface area contributed by atoms with Gasteiger partial charge in [0.15, 0.2) is 11.6 Å². The third-order valence-electron chi connectivity index (χ3n) is 4.63. The number of aryl methyl sites for hydroxylation is 1. The molecule has 4 rings (SSSR count). The molecule has 0 saturated carbocycles. The highest BCUT2D eigenvalue weighted by atomic mass is 19.1. The van der Waals surface area contributed by atoms with E-state index in [1.54, 1.807) is 35.7 Å². The minimum absolute atomic E-state index is 0.135. The van der Waals surface area contributed by atoms with Crippen molar-refractivity contribution in [1.82, 2.24) is 9.38 Å². The van der Waals surface area contributed by atoms with Crippen LogP contribution in [-0.4, -0.2) is 20.7 Å². The summed E-state index contributed by atoms with van der Waals surface area (Å²) in [6.07, 6.45) is 2.43. The maximum atomic E-state index is 14.2. The molecule has 0 bridgehead atoms. The Morgan fingerprint density at radius 3 is 2.63 bits per heavy atom. The molecule has 0 aliphatic heterocycles. The lowest BCUT2D eigenvalue weighted by atomic mass is 10.1. The number of halogens is 2. The molecule has 0 aliphatic carbocycles. The molecule has 0 fully saturated rings. The largest absolute Gasteiger partial charge is 0.454 e. The van der Waals surface area contributed by atoms with Gasteiger partial charge in [-0.2, -0.15) is 0 Å². The number of aliphatic hydroxyl groups is 1. The average Bonchev–Trinajstić information content (AvgIpc) is 3.02. The number of hydrogen-bond donors (Lipinski definition) is 3. The van der Waals surface area contributed by atoms with E-state index >= 15 is 0 Å². The number of benzene rings is 2. The first kappa shape index (κ1) is 19.7. The zero-order valence-electron chi connectivity index (χ0n) is 16.2. The number of rotatable bonds is 5. The van der Waals surface area contributed by atoms with Crippen LogP contribution in [0.1, 0.15) is 12.5 Å². The second kappa shape index (κ2) is 7.64. The maximum absolute atomic E-state index is 14.2. The van der Waals surface area contributed by atoms with Crippen LogP contribution in [0.15, 0.2) is 59.7 Å². The van der Waals surface area contributed by atoms with Crippen molar-refractivity contribution in [3.63, 3.8) is 0 Å². The SMILES string of the molecule is Cc1cc(-c2cc(NC(C)O)ccc2Oc2ccc(F)cc2F)n2cc[nH]c(=O)c12. The van der Waals surface area contributed by atoms with Gasteiger partial charge in [-0.15, -0.1) is 0 Å². The molecule has 2 heterocycles. The van der Waals surface area contributed by atoms with Crippen LogP contribution in [0.4, 0.5) is 14.5 Å². The van der Waals surface area contributed by atoms with Gasteiger partial charge in [0.25, 0.3) is 5.56 Å². The van der Waals surface area contributed by atoms with E-state index in [4.69, 9.17) is 4.74 Å². The number of H-pyrrole nitrogens is 1. The van der Waals surface area contributed by atoms with Gasteiger partial charge in [-0.3, -0.25) is 4.79 Å². The van der Waals surface area contributed by atoms with Crippen molar-refractivity contribution in [2.24, 2.45) is 0 Å². The minimum Gasteiger partial charge on any atom is -0.454 e. The Labute approximate surface area is 170 Å². The molecular formula is C22H19F2N3O3. The van der Waals surface area contributed by atoms with E-state index in [2.05, 4.69) is 10.3 Å². The number of aromatic nitrogens is 2. The van der Waals surface area contributed by atoms with Crippen LogP contribution >= 0.6 is 0 Å². The number of fused-ring (bicyclic) bond motifs is 1.